The number of aromatic amines is 1. The zero-order valence-corrected chi connectivity index (χ0v) is 13.2. The highest BCUT2D eigenvalue weighted by Crippen LogP contribution is 2.32. The van der Waals surface area contributed by atoms with Crippen LogP contribution in [0.5, 0.6) is 0 Å². The van der Waals surface area contributed by atoms with E-state index in [2.05, 4.69) is 21.3 Å². The zero-order chi connectivity index (χ0) is 16.6. The van der Waals surface area contributed by atoms with Crippen molar-refractivity contribution in [3.05, 3.63) is 47.8 Å². The van der Waals surface area contributed by atoms with Crippen molar-refractivity contribution in [3.8, 4) is 17.2 Å². The molecular weight excluding hydrogens is 288 g/mol. The van der Waals surface area contributed by atoms with Crippen LogP contribution in [0.25, 0.3) is 22.2 Å². The average Bonchev–Trinajstić information content (AvgIpc) is 3.02. The van der Waals surface area contributed by atoms with E-state index in [9.17, 15) is 10.1 Å². The third-order valence-electron chi connectivity index (χ3n) is 4.01. The number of fused-ring (bicyclic) bond motifs is 1. The Morgan fingerprint density at radius 3 is 2.78 bits per heavy atom. The third kappa shape index (κ3) is 2.59. The van der Waals surface area contributed by atoms with Crippen molar-refractivity contribution >= 4 is 16.8 Å². The third-order valence-corrected chi connectivity index (χ3v) is 4.01. The van der Waals surface area contributed by atoms with Crippen LogP contribution in [0.1, 0.15) is 36.7 Å². The molecule has 0 unspecified atom stereocenters. The summed E-state index contributed by atoms with van der Waals surface area (Å²) in [4.78, 5) is 16.1. The lowest BCUT2D eigenvalue weighted by molar-refractivity contribution is 0.101. The number of aromatic nitrogens is 3. The van der Waals surface area contributed by atoms with Gasteiger partial charge in [-0.25, -0.2) is 4.98 Å². The summed E-state index contributed by atoms with van der Waals surface area (Å²) < 4.78 is 0. The zero-order valence-electron chi connectivity index (χ0n) is 13.2. The fourth-order valence-corrected chi connectivity index (χ4v) is 2.51. The number of nitriles is 1. The second-order valence-electron chi connectivity index (χ2n) is 6.08. The molecule has 0 saturated carbocycles. The minimum absolute atomic E-state index is 0.0284. The largest absolute Gasteiger partial charge is 0.295 e. The van der Waals surface area contributed by atoms with Gasteiger partial charge in [-0.05, 0) is 61.7 Å². The Morgan fingerprint density at radius 1 is 1.30 bits per heavy atom. The Morgan fingerprint density at radius 2 is 2.09 bits per heavy atom. The van der Waals surface area contributed by atoms with Crippen LogP contribution in [0.15, 0.2) is 36.7 Å². The van der Waals surface area contributed by atoms with E-state index >= 15 is 0 Å². The molecule has 2 heterocycles. The monoisotopic (exact) mass is 304 g/mol. The van der Waals surface area contributed by atoms with Crippen LogP contribution in [0.3, 0.4) is 0 Å². The molecule has 0 atom stereocenters. The predicted molar refractivity (Wildman–Crippen MR) is 88.0 cm³/mol. The molecule has 0 radical (unpaired) electrons. The standard InChI is InChI=1S/C18H16N4O/c1-11(23)12-6-13(8-14(7-12)18(2,3)10-19)15-4-5-20-17-16(15)9-21-22-17/h4-9H,1-3H3,(H,20,21,22). The Balaban J connectivity index is 2.29. The second kappa shape index (κ2) is 5.33. The van der Waals surface area contributed by atoms with Crippen molar-refractivity contribution in [2.75, 3.05) is 0 Å². The Bertz CT molecular complexity index is 947. The first kappa shape index (κ1) is 14.9. The number of H-pyrrole nitrogens is 1. The smallest absolute Gasteiger partial charge is 0.159 e. The molecule has 0 aliphatic heterocycles. The molecule has 0 spiro atoms. The van der Waals surface area contributed by atoms with E-state index in [-0.39, 0.29) is 5.78 Å². The van der Waals surface area contributed by atoms with Crippen molar-refractivity contribution in [1.82, 2.24) is 15.2 Å². The Kier molecular flexibility index (Phi) is 3.45. The molecule has 1 aromatic carbocycles. The number of Topliss-reactive ketones (excluding diaryl/α,β-unsaturated/α-hetero) is 1. The molecule has 0 bridgehead atoms. The van der Waals surface area contributed by atoms with Crippen LogP contribution >= 0.6 is 0 Å². The number of hydrogen-bond acceptors (Lipinski definition) is 4. The normalized spacial score (nSPS) is 11.4. The number of pyridine rings is 1. The molecule has 0 amide bonds. The summed E-state index contributed by atoms with van der Waals surface area (Å²) in [5, 5.41) is 17.2. The van der Waals surface area contributed by atoms with Crippen LogP contribution in [-0.4, -0.2) is 21.0 Å². The van der Waals surface area contributed by atoms with Crippen LogP contribution in [0, 0.1) is 11.3 Å². The predicted octanol–water partition coefficient (Wildman–Crippen LogP) is 3.63. The van der Waals surface area contributed by atoms with Gasteiger partial charge in [-0.3, -0.25) is 9.89 Å². The van der Waals surface area contributed by atoms with E-state index in [0.717, 1.165) is 22.1 Å². The topological polar surface area (TPSA) is 82.4 Å². The number of carbonyl (C=O) groups is 1. The van der Waals surface area contributed by atoms with Gasteiger partial charge in [-0.15, -0.1) is 0 Å². The molecule has 114 valence electrons. The highest BCUT2D eigenvalue weighted by molar-refractivity contribution is 5.98. The quantitative estimate of drug-likeness (QED) is 0.749. The van der Waals surface area contributed by atoms with Gasteiger partial charge in [0, 0.05) is 17.1 Å². The number of rotatable bonds is 3. The van der Waals surface area contributed by atoms with Gasteiger partial charge in [0.05, 0.1) is 17.7 Å². The summed E-state index contributed by atoms with van der Waals surface area (Å²) in [5.74, 6) is -0.0284. The molecule has 23 heavy (non-hydrogen) atoms. The molecule has 2 aromatic heterocycles. The maximum atomic E-state index is 11.9. The summed E-state index contributed by atoms with van der Waals surface area (Å²) in [5.41, 5.74) is 3.23. The molecule has 0 aliphatic rings. The number of nitrogens with one attached hydrogen (secondary N) is 1. The van der Waals surface area contributed by atoms with Gasteiger partial charge in [0.1, 0.15) is 0 Å². The molecule has 5 nitrogen and oxygen atoms in total. The SMILES string of the molecule is CC(=O)c1cc(-c2ccnc3[nH]ncc23)cc(C(C)(C)C#N)c1. The molecule has 1 N–H and O–H groups in total. The van der Waals surface area contributed by atoms with E-state index in [1.807, 2.05) is 32.0 Å². The number of benzene rings is 1. The van der Waals surface area contributed by atoms with E-state index in [0.29, 0.717) is 11.2 Å². The molecule has 5 heteroatoms. The molecule has 3 aromatic rings. The lowest BCUT2D eigenvalue weighted by atomic mass is 9.83. The average molecular weight is 304 g/mol. The van der Waals surface area contributed by atoms with E-state index < -0.39 is 5.41 Å². The van der Waals surface area contributed by atoms with Crippen LogP contribution in [0.4, 0.5) is 0 Å². The van der Waals surface area contributed by atoms with E-state index in [1.54, 1.807) is 18.5 Å². The number of carbonyl (C=O) groups excluding carboxylic acids is 1. The second-order valence-corrected chi connectivity index (χ2v) is 6.08. The summed E-state index contributed by atoms with van der Waals surface area (Å²) in [6.07, 6.45) is 3.42. The maximum absolute atomic E-state index is 11.9. The van der Waals surface area contributed by atoms with Gasteiger partial charge >= 0.3 is 0 Å². The van der Waals surface area contributed by atoms with Crippen molar-refractivity contribution in [2.45, 2.75) is 26.2 Å². The molecule has 0 aliphatic carbocycles. The highest BCUT2D eigenvalue weighted by Gasteiger charge is 2.22. The fraction of sp³-hybridized carbons (Fsp3) is 0.222. The van der Waals surface area contributed by atoms with Crippen molar-refractivity contribution in [2.24, 2.45) is 0 Å². The van der Waals surface area contributed by atoms with Gasteiger partial charge in [0.15, 0.2) is 11.4 Å². The molecule has 0 saturated heterocycles. The first-order valence-electron chi connectivity index (χ1n) is 7.28. The Hall–Kier alpha value is -3.00. The summed E-state index contributed by atoms with van der Waals surface area (Å²) in [6.45, 7) is 5.22. The fourth-order valence-electron chi connectivity index (χ4n) is 2.51. The van der Waals surface area contributed by atoms with Gasteiger partial charge < -0.3 is 0 Å². The number of hydrogen-bond donors (Lipinski definition) is 1. The lowest BCUT2D eigenvalue weighted by Crippen LogP contribution is -2.15. The van der Waals surface area contributed by atoms with Crippen LogP contribution < -0.4 is 0 Å². The van der Waals surface area contributed by atoms with Crippen molar-refractivity contribution in [3.63, 3.8) is 0 Å². The molecular formula is C18H16N4O. The van der Waals surface area contributed by atoms with Gasteiger partial charge in [0.25, 0.3) is 0 Å². The maximum Gasteiger partial charge on any atom is 0.159 e. The summed E-state index contributed by atoms with van der Waals surface area (Å²) >= 11 is 0. The van der Waals surface area contributed by atoms with Gasteiger partial charge in [-0.2, -0.15) is 10.4 Å². The lowest BCUT2D eigenvalue weighted by Gasteiger charge is -2.18. The van der Waals surface area contributed by atoms with E-state index in [1.165, 1.54) is 6.92 Å². The minimum atomic E-state index is -0.678. The van der Waals surface area contributed by atoms with Gasteiger partial charge in [-0.1, -0.05) is 0 Å². The summed E-state index contributed by atoms with van der Waals surface area (Å²) in [6, 6.07) is 9.78. The van der Waals surface area contributed by atoms with Crippen LogP contribution in [0.2, 0.25) is 0 Å². The minimum Gasteiger partial charge on any atom is -0.295 e. The van der Waals surface area contributed by atoms with E-state index in [4.69, 9.17) is 0 Å². The molecule has 0 fully saturated rings. The Labute approximate surface area is 134 Å². The number of nitrogens with zero attached hydrogens (tertiary/aromatic N) is 3. The molecule has 3 rings (SSSR count). The first-order chi connectivity index (χ1) is 10.9. The van der Waals surface area contributed by atoms with Crippen molar-refractivity contribution in [1.29, 1.82) is 5.26 Å². The first-order valence-corrected chi connectivity index (χ1v) is 7.28. The highest BCUT2D eigenvalue weighted by atomic mass is 16.1. The summed E-state index contributed by atoms with van der Waals surface area (Å²) in [7, 11) is 0. The van der Waals surface area contributed by atoms with Crippen LogP contribution in [-0.2, 0) is 5.41 Å². The van der Waals surface area contributed by atoms with Gasteiger partial charge in [0.2, 0.25) is 0 Å². The number of ketones is 1. The van der Waals surface area contributed by atoms with Crippen molar-refractivity contribution < 1.29 is 4.79 Å².